The number of ketones is 1. The monoisotopic (exact) mass is 394 g/mol. The van der Waals surface area contributed by atoms with Crippen LogP contribution in [0.3, 0.4) is 0 Å². The number of aliphatic hydroxyl groups is 2. The fourth-order valence-electron chi connectivity index (χ4n) is 5.08. The van der Waals surface area contributed by atoms with E-state index in [0.717, 1.165) is 51.4 Å². The maximum atomic E-state index is 12.3. The first kappa shape index (κ1) is 23.1. The predicted molar refractivity (Wildman–Crippen MR) is 109 cm³/mol. The number of aliphatic hydroxyl groups excluding tert-OH is 2. The van der Waals surface area contributed by atoms with Gasteiger partial charge in [-0.1, -0.05) is 51.2 Å². The number of carbonyl (C=O) groups is 2. The highest BCUT2D eigenvalue weighted by molar-refractivity contribution is 5.84. The Morgan fingerprint density at radius 2 is 1.96 bits per heavy atom. The minimum absolute atomic E-state index is 0.0819. The van der Waals surface area contributed by atoms with Crippen molar-refractivity contribution in [3.8, 4) is 0 Å². The van der Waals surface area contributed by atoms with Gasteiger partial charge in [-0.3, -0.25) is 9.59 Å². The molecule has 0 aromatic rings. The second kappa shape index (κ2) is 11.1. The molecular formula is C23H38O5. The Bertz CT molecular complexity index is 537. The van der Waals surface area contributed by atoms with Crippen LogP contribution in [0.5, 0.6) is 0 Å². The molecule has 2 unspecified atom stereocenters. The van der Waals surface area contributed by atoms with Crippen LogP contribution in [0.15, 0.2) is 12.2 Å². The number of aliphatic carboxylic acids is 1. The third-order valence-electron chi connectivity index (χ3n) is 6.91. The zero-order valence-electron chi connectivity index (χ0n) is 17.3. The topological polar surface area (TPSA) is 94.8 Å². The van der Waals surface area contributed by atoms with Gasteiger partial charge < -0.3 is 15.3 Å². The lowest BCUT2D eigenvalue weighted by Gasteiger charge is -2.45. The number of carboxylic acid groups (broad SMARTS) is 1. The van der Waals surface area contributed by atoms with E-state index in [9.17, 15) is 19.8 Å². The minimum Gasteiger partial charge on any atom is -0.481 e. The molecule has 0 amide bonds. The van der Waals surface area contributed by atoms with Gasteiger partial charge in [0, 0.05) is 24.7 Å². The molecule has 0 radical (unpaired) electrons. The second-order valence-corrected chi connectivity index (χ2v) is 8.91. The molecule has 4 atom stereocenters. The Kier molecular flexibility index (Phi) is 9.16. The Morgan fingerprint density at radius 3 is 2.57 bits per heavy atom. The Labute approximate surface area is 169 Å². The molecule has 28 heavy (non-hydrogen) atoms. The van der Waals surface area contributed by atoms with Gasteiger partial charge in [-0.15, -0.1) is 0 Å². The van der Waals surface area contributed by atoms with Crippen molar-refractivity contribution in [1.29, 1.82) is 0 Å². The highest BCUT2D eigenvalue weighted by Crippen LogP contribution is 2.48. The van der Waals surface area contributed by atoms with Gasteiger partial charge >= 0.3 is 5.97 Å². The summed E-state index contributed by atoms with van der Waals surface area (Å²) in [6.07, 6.45) is 13.7. The summed E-state index contributed by atoms with van der Waals surface area (Å²) in [5.74, 6) is -0.919. The van der Waals surface area contributed by atoms with Crippen LogP contribution < -0.4 is 0 Å². The molecular weight excluding hydrogens is 356 g/mol. The van der Waals surface area contributed by atoms with Crippen molar-refractivity contribution < 1.29 is 24.9 Å². The smallest absolute Gasteiger partial charge is 0.303 e. The van der Waals surface area contributed by atoms with Gasteiger partial charge in [-0.05, 0) is 43.9 Å². The molecule has 2 aliphatic carbocycles. The molecule has 5 nitrogen and oxygen atoms in total. The average molecular weight is 395 g/mol. The fourth-order valence-corrected chi connectivity index (χ4v) is 5.08. The largest absolute Gasteiger partial charge is 0.481 e. The maximum Gasteiger partial charge on any atom is 0.303 e. The highest BCUT2D eigenvalue weighted by Gasteiger charge is 2.42. The molecule has 0 bridgehead atoms. The molecule has 3 N–H and O–H groups in total. The zero-order chi connectivity index (χ0) is 20.6. The van der Waals surface area contributed by atoms with E-state index in [-0.39, 0.29) is 42.0 Å². The summed E-state index contributed by atoms with van der Waals surface area (Å²) in [6.45, 7) is 2.16. The lowest BCUT2D eigenvalue weighted by atomic mass is 9.62. The van der Waals surface area contributed by atoms with Crippen LogP contribution in [0.25, 0.3) is 0 Å². The molecule has 0 heterocycles. The predicted octanol–water partition coefficient (Wildman–Crippen LogP) is 4.26. The van der Waals surface area contributed by atoms with Gasteiger partial charge in [-0.2, -0.15) is 0 Å². The first-order chi connectivity index (χ1) is 13.4. The highest BCUT2D eigenvalue weighted by atomic mass is 16.4. The summed E-state index contributed by atoms with van der Waals surface area (Å²) in [5.41, 5.74) is 0.0819. The second-order valence-electron chi connectivity index (χ2n) is 8.91. The number of rotatable bonds is 13. The van der Waals surface area contributed by atoms with Crippen LogP contribution >= 0.6 is 0 Å². The molecule has 0 aliphatic heterocycles. The fraction of sp³-hybridized carbons (Fsp3) is 0.826. The molecule has 2 rings (SSSR count). The van der Waals surface area contributed by atoms with E-state index in [4.69, 9.17) is 5.11 Å². The normalized spacial score (nSPS) is 27.8. The third kappa shape index (κ3) is 6.15. The zero-order valence-corrected chi connectivity index (χ0v) is 17.3. The van der Waals surface area contributed by atoms with Crippen LogP contribution in [0.1, 0.15) is 90.4 Å². The number of carbonyl (C=O) groups excluding carboxylic acids is 1. The molecule has 2 fully saturated rings. The van der Waals surface area contributed by atoms with Crippen molar-refractivity contribution in [2.75, 3.05) is 0 Å². The number of hydrogen-bond donors (Lipinski definition) is 3. The summed E-state index contributed by atoms with van der Waals surface area (Å²) >= 11 is 0. The van der Waals surface area contributed by atoms with Crippen molar-refractivity contribution >= 4 is 11.8 Å². The van der Waals surface area contributed by atoms with Crippen molar-refractivity contribution in [2.45, 2.75) is 103 Å². The number of unbranched alkanes of at least 4 members (excludes halogenated alkanes) is 3. The maximum absolute atomic E-state index is 12.3. The Hall–Kier alpha value is -1.20. The van der Waals surface area contributed by atoms with Gasteiger partial charge in [0.2, 0.25) is 0 Å². The van der Waals surface area contributed by atoms with Crippen molar-refractivity contribution in [1.82, 2.24) is 0 Å². The first-order valence-corrected chi connectivity index (χ1v) is 11.2. The van der Waals surface area contributed by atoms with Gasteiger partial charge in [-0.25, -0.2) is 0 Å². The SMILES string of the molecule is CCCC1(C(O)C/C=C/[C@@H]2C(CCCCCCC(=O)O)C(=O)C[C@H]2O)CCC1. The van der Waals surface area contributed by atoms with E-state index < -0.39 is 12.1 Å². The molecule has 0 aromatic heterocycles. The lowest BCUT2D eigenvalue weighted by Crippen LogP contribution is -2.41. The van der Waals surface area contributed by atoms with Crippen LogP contribution in [-0.4, -0.2) is 39.3 Å². The third-order valence-corrected chi connectivity index (χ3v) is 6.91. The summed E-state index contributed by atoms with van der Waals surface area (Å²) in [4.78, 5) is 22.8. The van der Waals surface area contributed by atoms with E-state index in [2.05, 4.69) is 6.92 Å². The molecule has 5 heteroatoms. The van der Waals surface area contributed by atoms with E-state index in [1.807, 2.05) is 12.2 Å². The standard InChI is InChI=1S/C23H38O5/c1-2-13-23(14-8-15-23)21(26)11-7-10-18-17(19(24)16-20(18)25)9-5-3-4-6-12-22(27)28/h7,10,17-18,20-21,25-26H,2-6,8-9,11-16H2,1H3,(H,27,28)/b10-7+/t17?,18-,20-,21?/m1/s1. The molecule has 0 aromatic carbocycles. The minimum atomic E-state index is -0.760. The van der Waals surface area contributed by atoms with Gasteiger partial charge in [0.15, 0.2) is 0 Å². The number of carboxylic acids is 1. The first-order valence-electron chi connectivity index (χ1n) is 11.2. The molecule has 160 valence electrons. The van der Waals surface area contributed by atoms with Gasteiger partial charge in [0.1, 0.15) is 5.78 Å². The van der Waals surface area contributed by atoms with E-state index >= 15 is 0 Å². The van der Waals surface area contributed by atoms with Crippen LogP contribution in [0.4, 0.5) is 0 Å². The molecule has 0 spiro atoms. The van der Waals surface area contributed by atoms with Crippen LogP contribution in [-0.2, 0) is 9.59 Å². The summed E-state index contributed by atoms with van der Waals surface area (Å²) < 4.78 is 0. The molecule has 2 aliphatic rings. The van der Waals surface area contributed by atoms with Gasteiger partial charge in [0.05, 0.1) is 12.2 Å². The lowest BCUT2D eigenvalue weighted by molar-refractivity contribution is -0.137. The Morgan fingerprint density at radius 1 is 1.25 bits per heavy atom. The van der Waals surface area contributed by atoms with Crippen LogP contribution in [0, 0.1) is 17.3 Å². The summed E-state index contributed by atoms with van der Waals surface area (Å²) in [5, 5.41) is 29.6. The van der Waals surface area contributed by atoms with Crippen molar-refractivity contribution in [2.24, 2.45) is 17.3 Å². The van der Waals surface area contributed by atoms with Gasteiger partial charge in [0.25, 0.3) is 0 Å². The number of Topliss-reactive ketones (excluding diaryl/α,β-unsaturated/α-hetero) is 1. The quantitative estimate of drug-likeness (QED) is 0.320. The van der Waals surface area contributed by atoms with E-state index in [1.165, 1.54) is 6.42 Å². The van der Waals surface area contributed by atoms with E-state index in [0.29, 0.717) is 12.8 Å². The van der Waals surface area contributed by atoms with Crippen molar-refractivity contribution in [3.05, 3.63) is 12.2 Å². The number of hydrogen-bond acceptors (Lipinski definition) is 4. The Balaban J connectivity index is 1.79. The van der Waals surface area contributed by atoms with Crippen LogP contribution in [0.2, 0.25) is 0 Å². The average Bonchev–Trinajstić information content (AvgIpc) is 2.87. The van der Waals surface area contributed by atoms with Crippen molar-refractivity contribution in [3.63, 3.8) is 0 Å². The molecule has 0 saturated heterocycles. The summed E-state index contributed by atoms with van der Waals surface area (Å²) in [7, 11) is 0. The molecule has 2 saturated carbocycles. The van der Waals surface area contributed by atoms with E-state index in [1.54, 1.807) is 0 Å². The summed E-state index contributed by atoms with van der Waals surface area (Å²) in [6, 6.07) is 0.